The molecule has 1 aromatic heterocycles. The van der Waals surface area contributed by atoms with Crippen LogP contribution in [-0.4, -0.2) is 23.5 Å². The van der Waals surface area contributed by atoms with E-state index >= 15 is 0 Å². The van der Waals surface area contributed by atoms with Crippen LogP contribution in [0.1, 0.15) is 36.0 Å². The number of aliphatic carboxylic acids is 1. The maximum atomic E-state index is 14.4. The number of hydrogen-bond acceptors (Lipinski definition) is 4. The van der Waals surface area contributed by atoms with Crippen LogP contribution in [0.3, 0.4) is 0 Å². The summed E-state index contributed by atoms with van der Waals surface area (Å²) in [5.74, 6) is -1.63. The van der Waals surface area contributed by atoms with Crippen LogP contribution in [0.4, 0.5) is 4.39 Å². The molecular formula is C18H17FO4S. The highest BCUT2D eigenvalue weighted by Crippen LogP contribution is 2.33. The third kappa shape index (κ3) is 3.48. The van der Waals surface area contributed by atoms with E-state index in [1.807, 2.05) is 0 Å². The molecule has 0 amide bonds. The molecule has 1 aromatic carbocycles. The predicted octanol–water partition coefficient (Wildman–Crippen LogP) is 4.39. The quantitative estimate of drug-likeness (QED) is 0.814. The van der Waals surface area contributed by atoms with Crippen molar-refractivity contribution in [1.29, 1.82) is 0 Å². The summed E-state index contributed by atoms with van der Waals surface area (Å²) in [5, 5.41) is 10.9. The monoisotopic (exact) mass is 348 g/mol. The standard InChI is InChI=1S/C18H17FO4S/c19-15-9-11(17-13(10-20)6-7-24-17)4-5-16(15)23-14-3-1-2-12(8-14)18(21)22/h4-7,9-10,12,14H,1-3,8H2,(H,21,22)/t12-,14-/m0/s1. The zero-order valence-electron chi connectivity index (χ0n) is 12.9. The number of benzene rings is 1. The maximum absolute atomic E-state index is 14.4. The van der Waals surface area contributed by atoms with Crippen LogP contribution in [-0.2, 0) is 4.79 Å². The summed E-state index contributed by atoms with van der Waals surface area (Å²) in [4.78, 5) is 22.8. The number of hydrogen-bond donors (Lipinski definition) is 1. The van der Waals surface area contributed by atoms with Gasteiger partial charge in [0.25, 0.3) is 0 Å². The lowest BCUT2D eigenvalue weighted by Gasteiger charge is -2.27. The molecule has 0 aliphatic heterocycles. The lowest BCUT2D eigenvalue weighted by molar-refractivity contribution is -0.143. The molecule has 0 radical (unpaired) electrons. The number of thiophene rings is 1. The van der Waals surface area contributed by atoms with Crippen molar-refractivity contribution < 1.29 is 23.8 Å². The second-order valence-electron chi connectivity index (χ2n) is 5.91. The Morgan fingerprint density at radius 2 is 2.17 bits per heavy atom. The van der Waals surface area contributed by atoms with E-state index in [4.69, 9.17) is 9.84 Å². The molecule has 6 heteroatoms. The summed E-state index contributed by atoms with van der Waals surface area (Å²) in [5.41, 5.74) is 1.16. The minimum Gasteiger partial charge on any atom is -0.487 e. The van der Waals surface area contributed by atoms with Crippen molar-refractivity contribution in [3.05, 3.63) is 41.0 Å². The van der Waals surface area contributed by atoms with Gasteiger partial charge in [-0.3, -0.25) is 9.59 Å². The van der Waals surface area contributed by atoms with Gasteiger partial charge in [-0.25, -0.2) is 4.39 Å². The van der Waals surface area contributed by atoms with Gasteiger partial charge in [0.05, 0.1) is 12.0 Å². The minimum absolute atomic E-state index is 0.124. The van der Waals surface area contributed by atoms with Crippen molar-refractivity contribution in [3.8, 4) is 16.2 Å². The number of rotatable bonds is 5. The number of carboxylic acid groups (broad SMARTS) is 1. The molecule has 0 spiro atoms. The topological polar surface area (TPSA) is 63.6 Å². The van der Waals surface area contributed by atoms with E-state index in [0.717, 1.165) is 24.0 Å². The number of carbonyl (C=O) groups excluding carboxylic acids is 1. The Labute approximate surface area is 142 Å². The van der Waals surface area contributed by atoms with E-state index in [-0.39, 0.29) is 11.9 Å². The van der Waals surface area contributed by atoms with Gasteiger partial charge in [0.15, 0.2) is 17.9 Å². The number of aldehydes is 1. The lowest BCUT2D eigenvalue weighted by atomic mass is 9.87. The molecule has 4 nitrogen and oxygen atoms in total. The van der Waals surface area contributed by atoms with Gasteiger partial charge >= 0.3 is 5.97 Å². The predicted molar refractivity (Wildman–Crippen MR) is 89.1 cm³/mol. The number of carboxylic acids is 1. The summed E-state index contributed by atoms with van der Waals surface area (Å²) in [6.07, 6.45) is 3.00. The molecule has 0 unspecified atom stereocenters. The van der Waals surface area contributed by atoms with E-state index in [9.17, 15) is 14.0 Å². The highest BCUT2D eigenvalue weighted by molar-refractivity contribution is 7.14. The first-order valence-electron chi connectivity index (χ1n) is 7.80. The highest BCUT2D eigenvalue weighted by atomic mass is 32.1. The molecule has 2 aromatic rings. The second kappa shape index (κ2) is 7.13. The first-order valence-corrected chi connectivity index (χ1v) is 8.68. The van der Waals surface area contributed by atoms with E-state index in [1.54, 1.807) is 23.6 Å². The number of carbonyl (C=O) groups is 2. The van der Waals surface area contributed by atoms with Crippen LogP contribution in [0.15, 0.2) is 29.6 Å². The molecule has 1 aliphatic carbocycles. The summed E-state index contributed by atoms with van der Waals surface area (Å²) >= 11 is 1.38. The molecular weight excluding hydrogens is 331 g/mol. The summed E-state index contributed by atoms with van der Waals surface area (Å²) in [7, 11) is 0. The van der Waals surface area contributed by atoms with Gasteiger partial charge in [-0.2, -0.15) is 0 Å². The largest absolute Gasteiger partial charge is 0.487 e. The molecule has 3 rings (SSSR count). The highest BCUT2D eigenvalue weighted by Gasteiger charge is 2.28. The molecule has 1 aliphatic rings. The van der Waals surface area contributed by atoms with Crippen LogP contribution in [0.25, 0.3) is 10.4 Å². The van der Waals surface area contributed by atoms with E-state index in [2.05, 4.69) is 0 Å². The van der Waals surface area contributed by atoms with Gasteiger partial charge in [0, 0.05) is 10.4 Å². The molecule has 1 saturated carbocycles. The lowest BCUT2D eigenvalue weighted by Crippen LogP contribution is -2.29. The van der Waals surface area contributed by atoms with Crippen LogP contribution >= 0.6 is 11.3 Å². The first kappa shape index (κ1) is 16.6. The molecule has 126 valence electrons. The Morgan fingerprint density at radius 1 is 1.33 bits per heavy atom. The van der Waals surface area contributed by atoms with Gasteiger partial charge < -0.3 is 9.84 Å². The molecule has 24 heavy (non-hydrogen) atoms. The van der Waals surface area contributed by atoms with Gasteiger partial charge in [-0.1, -0.05) is 0 Å². The molecule has 1 heterocycles. The van der Waals surface area contributed by atoms with Gasteiger partial charge in [0.1, 0.15) is 0 Å². The van der Waals surface area contributed by atoms with Crippen LogP contribution in [0.5, 0.6) is 5.75 Å². The fraction of sp³-hybridized carbons (Fsp3) is 0.333. The van der Waals surface area contributed by atoms with Crippen molar-refractivity contribution in [1.82, 2.24) is 0 Å². The number of ether oxygens (including phenoxy) is 1. The Balaban J connectivity index is 1.76. The zero-order valence-corrected chi connectivity index (χ0v) is 13.7. The van der Waals surface area contributed by atoms with Crippen LogP contribution < -0.4 is 4.74 Å². The Kier molecular flexibility index (Phi) is 4.94. The average Bonchev–Trinajstić information content (AvgIpc) is 3.05. The van der Waals surface area contributed by atoms with E-state index < -0.39 is 17.7 Å². The summed E-state index contributed by atoms with van der Waals surface area (Å²) < 4.78 is 20.1. The zero-order chi connectivity index (χ0) is 17.1. The van der Waals surface area contributed by atoms with E-state index in [0.29, 0.717) is 24.0 Å². The SMILES string of the molecule is O=Cc1ccsc1-c1ccc(O[C@H]2CCC[C@H](C(=O)O)C2)c(F)c1. The van der Waals surface area contributed by atoms with Gasteiger partial charge in [-0.05, 0) is 60.9 Å². The van der Waals surface area contributed by atoms with Crippen molar-refractivity contribution in [2.45, 2.75) is 31.8 Å². The fourth-order valence-corrected chi connectivity index (χ4v) is 3.91. The number of halogens is 1. The minimum atomic E-state index is -0.821. The third-order valence-electron chi connectivity index (χ3n) is 4.29. The van der Waals surface area contributed by atoms with Crippen molar-refractivity contribution in [3.63, 3.8) is 0 Å². The van der Waals surface area contributed by atoms with E-state index in [1.165, 1.54) is 17.4 Å². The van der Waals surface area contributed by atoms with Crippen LogP contribution in [0, 0.1) is 11.7 Å². The third-order valence-corrected chi connectivity index (χ3v) is 5.26. The normalized spacial score (nSPS) is 20.5. The maximum Gasteiger partial charge on any atom is 0.306 e. The van der Waals surface area contributed by atoms with Gasteiger partial charge in [0.2, 0.25) is 0 Å². The fourth-order valence-electron chi connectivity index (χ4n) is 3.04. The van der Waals surface area contributed by atoms with Crippen LogP contribution in [0.2, 0.25) is 0 Å². The molecule has 0 saturated heterocycles. The molecule has 1 fully saturated rings. The van der Waals surface area contributed by atoms with Crippen molar-refractivity contribution in [2.75, 3.05) is 0 Å². The summed E-state index contributed by atoms with van der Waals surface area (Å²) in [6.45, 7) is 0. The first-order chi connectivity index (χ1) is 11.6. The Bertz CT molecular complexity index is 755. The summed E-state index contributed by atoms with van der Waals surface area (Å²) in [6, 6.07) is 6.31. The van der Waals surface area contributed by atoms with Gasteiger partial charge in [-0.15, -0.1) is 11.3 Å². The molecule has 0 bridgehead atoms. The Hall–Kier alpha value is -2.21. The van der Waals surface area contributed by atoms with Crippen molar-refractivity contribution in [2.24, 2.45) is 5.92 Å². The molecule has 1 N–H and O–H groups in total. The average molecular weight is 348 g/mol. The Morgan fingerprint density at radius 3 is 2.88 bits per heavy atom. The molecule has 2 atom stereocenters. The second-order valence-corrected chi connectivity index (χ2v) is 6.83. The van der Waals surface area contributed by atoms with Crippen molar-refractivity contribution >= 4 is 23.6 Å². The smallest absolute Gasteiger partial charge is 0.306 e.